The van der Waals surface area contributed by atoms with E-state index >= 15 is 0 Å². The summed E-state index contributed by atoms with van der Waals surface area (Å²) in [5.41, 5.74) is 1.08. The fraction of sp³-hybridized carbons (Fsp3) is 0.417. The highest BCUT2D eigenvalue weighted by atomic mass is 16.5. The molecule has 0 amide bonds. The number of aliphatic hydroxyl groups is 1. The molecule has 1 rings (SSSR count). The van der Waals surface area contributed by atoms with Gasteiger partial charge in [-0.1, -0.05) is 12.1 Å². The molecule has 1 atom stereocenters. The van der Waals surface area contributed by atoms with Gasteiger partial charge in [-0.3, -0.25) is 0 Å². The minimum absolute atomic E-state index is 0.200. The molecule has 0 spiro atoms. The quantitative estimate of drug-likeness (QED) is 0.608. The van der Waals surface area contributed by atoms with Crippen molar-refractivity contribution in [1.82, 2.24) is 5.32 Å². The van der Waals surface area contributed by atoms with Crippen LogP contribution in [-0.4, -0.2) is 35.9 Å². The van der Waals surface area contributed by atoms with E-state index in [0.29, 0.717) is 13.1 Å². The van der Waals surface area contributed by atoms with E-state index < -0.39 is 12.1 Å². The standard InChI is InChI=1S/C12H17NO4/c1-17-10-4-2-9(3-5-10)8-13-7-6-11(14)12(15)16/h2-5,11,13-14H,6-8H2,1H3,(H,15,16). The van der Waals surface area contributed by atoms with Gasteiger partial charge in [0.05, 0.1) is 7.11 Å². The third-order valence-corrected chi connectivity index (χ3v) is 2.37. The van der Waals surface area contributed by atoms with Crippen molar-refractivity contribution in [3.05, 3.63) is 29.8 Å². The lowest BCUT2D eigenvalue weighted by atomic mass is 10.2. The average Bonchev–Trinajstić information content (AvgIpc) is 2.35. The molecule has 5 nitrogen and oxygen atoms in total. The highest BCUT2D eigenvalue weighted by Crippen LogP contribution is 2.10. The van der Waals surface area contributed by atoms with E-state index in [4.69, 9.17) is 14.9 Å². The summed E-state index contributed by atoms with van der Waals surface area (Å²) in [6.07, 6.45) is -1.09. The van der Waals surface area contributed by atoms with Crippen molar-refractivity contribution in [2.24, 2.45) is 0 Å². The van der Waals surface area contributed by atoms with E-state index in [1.54, 1.807) is 7.11 Å². The van der Waals surface area contributed by atoms with Crippen LogP contribution < -0.4 is 10.1 Å². The maximum atomic E-state index is 10.3. The van der Waals surface area contributed by atoms with Crippen molar-refractivity contribution in [3.8, 4) is 5.75 Å². The second-order valence-corrected chi connectivity index (χ2v) is 3.67. The van der Waals surface area contributed by atoms with E-state index in [1.165, 1.54) is 0 Å². The molecule has 0 heterocycles. The largest absolute Gasteiger partial charge is 0.497 e. The number of hydrogen-bond donors (Lipinski definition) is 3. The van der Waals surface area contributed by atoms with E-state index in [0.717, 1.165) is 11.3 Å². The fourth-order valence-electron chi connectivity index (χ4n) is 1.34. The van der Waals surface area contributed by atoms with E-state index in [1.807, 2.05) is 24.3 Å². The molecule has 0 saturated carbocycles. The number of ether oxygens (including phenoxy) is 1. The van der Waals surface area contributed by atoms with E-state index in [9.17, 15) is 4.79 Å². The molecule has 17 heavy (non-hydrogen) atoms. The van der Waals surface area contributed by atoms with Crippen molar-refractivity contribution in [3.63, 3.8) is 0 Å². The summed E-state index contributed by atoms with van der Waals surface area (Å²) in [6, 6.07) is 7.59. The van der Waals surface area contributed by atoms with Gasteiger partial charge in [0.1, 0.15) is 5.75 Å². The van der Waals surface area contributed by atoms with Crippen LogP contribution in [0.1, 0.15) is 12.0 Å². The van der Waals surface area contributed by atoms with Gasteiger partial charge >= 0.3 is 5.97 Å². The Morgan fingerprint density at radius 3 is 2.59 bits per heavy atom. The maximum absolute atomic E-state index is 10.3. The number of carboxylic acid groups (broad SMARTS) is 1. The zero-order valence-electron chi connectivity index (χ0n) is 9.72. The Kier molecular flexibility index (Phi) is 5.45. The van der Waals surface area contributed by atoms with Gasteiger partial charge in [-0.05, 0) is 30.7 Å². The molecule has 94 valence electrons. The molecule has 0 aliphatic heterocycles. The van der Waals surface area contributed by atoms with Crippen molar-refractivity contribution < 1.29 is 19.7 Å². The maximum Gasteiger partial charge on any atom is 0.332 e. The lowest BCUT2D eigenvalue weighted by molar-refractivity contribution is -0.146. The molecule has 1 unspecified atom stereocenters. The van der Waals surface area contributed by atoms with Gasteiger partial charge in [0.2, 0.25) is 0 Å². The predicted octanol–water partition coefficient (Wildman–Crippen LogP) is 0.620. The first-order valence-corrected chi connectivity index (χ1v) is 5.38. The first-order valence-electron chi connectivity index (χ1n) is 5.38. The first kappa shape index (κ1) is 13.5. The normalized spacial score (nSPS) is 12.1. The van der Waals surface area contributed by atoms with Crippen LogP contribution >= 0.6 is 0 Å². The molecule has 0 bridgehead atoms. The summed E-state index contributed by atoms with van der Waals surface area (Å²) < 4.78 is 5.03. The van der Waals surface area contributed by atoms with Crippen LogP contribution in [0.4, 0.5) is 0 Å². The average molecular weight is 239 g/mol. The van der Waals surface area contributed by atoms with Crippen LogP contribution in [0.15, 0.2) is 24.3 Å². The molecule has 0 aliphatic carbocycles. The second-order valence-electron chi connectivity index (χ2n) is 3.67. The molecular weight excluding hydrogens is 222 g/mol. The Morgan fingerprint density at radius 1 is 1.41 bits per heavy atom. The molecule has 0 aromatic heterocycles. The summed E-state index contributed by atoms with van der Waals surface area (Å²) in [6.45, 7) is 1.09. The van der Waals surface area contributed by atoms with Crippen LogP contribution in [0.25, 0.3) is 0 Å². The third kappa shape index (κ3) is 4.84. The van der Waals surface area contributed by atoms with Gasteiger partial charge in [-0.25, -0.2) is 4.79 Å². The summed E-state index contributed by atoms with van der Waals surface area (Å²) in [5, 5.41) is 20.6. The smallest absolute Gasteiger partial charge is 0.332 e. The van der Waals surface area contributed by atoms with Gasteiger partial charge in [0.15, 0.2) is 6.10 Å². The Bertz CT molecular complexity index is 350. The van der Waals surface area contributed by atoms with Crippen LogP contribution in [0, 0.1) is 0 Å². The third-order valence-electron chi connectivity index (χ3n) is 2.37. The van der Waals surface area contributed by atoms with Crippen molar-refractivity contribution in [2.45, 2.75) is 19.1 Å². The number of nitrogens with one attached hydrogen (secondary N) is 1. The Balaban J connectivity index is 2.24. The summed E-state index contributed by atoms with van der Waals surface area (Å²) in [5.74, 6) is -0.383. The minimum atomic E-state index is -1.29. The molecule has 0 fully saturated rings. The lowest BCUT2D eigenvalue weighted by Crippen LogP contribution is -2.25. The van der Waals surface area contributed by atoms with Crippen LogP contribution in [-0.2, 0) is 11.3 Å². The second kappa shape index (κ2) is 6.88. The number of carboxylic acids is 1. The topological polar surface area (TPSA) is 78.8 Å². The molecule has 0 radical (unpaired) electrons. The molecule has 1 aromatic carbocycles. The van der Waals surface area contributed by atoms with Crippen LogP contribution in [0.2, 0.25) is 0 Å². The van der Waals surface area contributed by atoms with Gasteiger partial charge in [-0.2, -0.15) is 0 Å². The number of methoxy groups -OCH3 is 1. The number of benzene rings is 1. The van der Waals surface area contributed by atoms with Gasteiger partial charge in [0, 0.05) is 6.54 Å². The van der Waals surface area contributed by atoms with E-state index in [-0.39, 0.29) is 6.42 Å². The molecule has 3 N–H and O–H groups in total. The monoisotopic (exact) mass is 239 g/mol. The Labute approximate surface area is 100 Å². The van der Waals surface area contributed by atoms with Crippen molar-refractivity contribution in [2.75, 3.05) is 13.7 Å². The zero-order valence-corrected chi connectivity index (χ0v) is 9.72. The SMILES string of the molecule is COc1ccc(CNCCC(O)C(=O)O)cc1. The summed E-state index contributed by atoms with van der Waals surface area (Å²) >= 11 is 0. The van der Waals surface area contributed by atoms with E-state index in [2.05, 4.69) is 5.32 Å². The van der Waals surface area contributed by atoms with Crippen molar-refractivity contribution in [1.29, 1.82) is 0 Å². The molecule has 0 saturated heterocycles. The molecule has 0 aliphatic rings. The fourth-order valence-corrected chi connectivity index (χ4v) is 1.34. The number of rotatable bonds is 7. The van der Waals surface area contributed by atoms with Gasteiger partial charge in [0.25, 0.3) is 0 Å². The predicted molar refractivity (Wildman–Crippen MR) is 63.0 cm³/mol. The first-order chi connectivity index (χ1) is 8.13. The van der Waals surface area contributed by atoms with Gasteiger partial charge < -0.3 is 20.3 Å². The number of hydrogen-bond acceptors (Lipinski definition) is 4. The highest BCUT2D eigenvalue weighted by molar-refractivity contribution is 5.71. The Morgan fingerprint density at radius 2 is 2.06 bits per heavy atom. The number of aliphatic carboxylic acids is 1. The molecular formula is C12H17NO4. The molecule has 1 aromatic rings. The highest BCUT2D eigenvalue weighted by Gasteiger charge is 2.11. The summed E-state index contributed by atoms with van der Waals surface area (Å²) in [7, 11) is 1.61. The van der Waals surface area contributed by atoms with Gasteiger partial charge in [-0.15, -0.1) is 0 Å². The number of aliphatic hydroxyl groups excluding tert-OH is 1. The van der Waals surface area contributed by atoms with Crippen molar-refractivity contribution >= 4 is 5.97 Å². The number of carbonyl (C=O) groups is 1. The Hall–Kier alpha value is -1.59. The zero-order chi connectivity index (χ0) is 12.7. The molecule has 5 heteroatoms. The minimum Gasteiger partial charge on any atom is -0.497 e. The lowest BCUT2D eigenvalue weighted by Gasteiger charge is -2.07. The van der Waals surface area contributed by atoms with Crippen LogP contribution in [0.5, 0.6) is 5.75 Å². The summed E-state index contributed by atoms with van der Waals surface area (Å²) in [4.78, 5) is 10.3. The van der Waals surface area contributed by atoms with Crippen LogP contribution in [0.3, 0.4) is 0 Å².